The number of carbonyl (C=O) groups excluding carboxylic acids is 3. The highest BCUT2D eigenvalue weighted by molar-refractivity contribution is 5.94. The molecule has 0 aromatic heterocycles. The minimum absolute atomic E-state index is 0.0251. The molecule has 1 aliphatic heterocycles. The first-order valence-electron chi connectivity index (χ1n) is 14.0. The monoisotopic (exact) mass is 477 g/mol. The number of hydrogen-bond acceptors (Lipinski definition) is 3. The molecule has 1 atom stereocenters. The van der Waals surface area contributed by atoms with Crippen LogP contribution in [0.25, 0.3) is 0 Å². The molecule has 0 spiro atoms. The molecule has 0 unspecified atom stereocenters. The van der Waals surface area contributed by atoms with E-state index in [1.165, 1.54) is 19.3 Å². The number of amides is 3. The second kappa shape index (κ2) is 9.25. The van der Waals surface area contributed by atoms with Crippen LogP contribution >= 0.6 is 0 Å². The van der Waals surface area contributed by atoms with Gasteiger partial charge >= 0.3 is 0 Å². The van der Waals surface area contributed by atoms with Crippen LogP contribution in [0.15, 0.2) is 30.3 Å². The van der Waals surface area contributed by atoms with E-state index in [0.717, 1.165) is 82.1 Å². The fourth-order valence-electron chi connectivity index (χ4n) is 8.50. The van der Waals surface area contributed by atoms with Crippen molar-refractivity contribution in [1.82, 2.24) is 15.5 Å². The lowest BCUT2D eigenvalue weighted by atomic mass is 9.49. The molecule has 3 amide bonds. The average molecular weight is 478 g/mol. The van der Waals surface area contributed by atoms with E-state index in [1.54, 1.807) is 0 Å². The van der Waals surface area contributed by atoms with Crippen molar-refractivity contribution in [2.24, 2.45) is 23.2 Å². The Labute approximate surface area is 208 Å². The second-order valence-electron chi connectivity index (χ2n) is 12.3. The first-order valence-corrected chi connectivity index (χ1v) is 14.0. The number of likely N-dealkylation sites (tertiary alicyclic amines) is 1. The number of rotatable bonds is 5. The maximum Gasteiger partial charge on any atom is 0.251 e. The minimum atomic E-state index is -0.300. The van der Waals surface area contributed by atoms with Crippen molar-refractivity contribution >= 4 is 17.7 Å². The third-order valence-electron chi connectivity index (χ3n) is 9.75. The number of carbonyl (C=O) groups is 3. The summed E-state index contributed by atoms with van der Waals surface area (Å²) in [6.07, 6.45) is 12.3. The van der Waals surface area contributed by atoms with E-state index < -0.39 is 0 Å². The highest BCUT2D eigenvalue weighted by Crippen LogP contribution is 2.60. The Kier molecular flexibility index (Phi) is 6.10. The fraction of sp³-hybridized carbons (Fsp3) is 0.690. The van der Waals surface area contributed by atoms with Crippen LogP contribution in [0.5, 0.6) is 0 Å². The molecule has 0 radical (unpaired) electrons. The van der Waals surface area contributed by atoms with Gasteiger partial charge in [-0.25, -0.2) is 0 Å². The summed E-state index contributed by atoms with van der Waals surface area (Å²) in [7, 11) is 0. The van der Waals surface area contributed by atoms with Gasteiger partial charge in [-0.2, -0.15) is 0 Å². The smallest absolute Gasteiger partial charge is 0.251 e. The molecule has 7 rings (SSSR count). The number of nitrogens with one attached hydrogen (secondary N) is 2. The van der Waals surface area contributed by atoms with Crippen LogP contribution in [-0.4, -0.2) is 47.3 Å². The van der Waals surface area contributed by atoms with Gasteiger partial charge in [0.1, 0.15) is 6.04 Å². The van der Waals surface area contributed by atoms with Gasteiger partial charge in [0.2, 0.25) is 11.8 Å². The zero-order chi connectivity index (χ0) is 24.0. The van der Waals surface area contributed by atoms with Crippen molar-refractivity contribution in [2.75, 3.05) is 6.54 Å². The van der Waals surface area contributed by atoms with E-state index in [1.807, 2.05) is 35.2 Å². The van der Waals surface area contributed by atoms with Crippen molar-refractivity contribution in [1.29, 1.82) is 0 Å². The third kappa shape index (κ3) is 4.49. The van der Waals surface area contributed by atoms with Crippen molar-refractivity contribution in [3.63, 3.8) is 0 Å². The van der Waals surface area contributed by atoms with Crippen molar-refractivity contribution in [3.8, 4) is 0 Å². The quantitative estimate of drug-likeness (QED) is 0.672. The Hall–Kier alpha value is -2.37. The summed E-state index contributed by atoms with van der Waals surface area (Å²) in [5, 5.41) is 6.42. The molecule has 6 fully saturated rings. The van der Waals surface area contributed by atoms with Crippen LogP contribution in [0, 0.1) is 23.2 Å². The van der Waals surface area contributed by atoms with Gasteiger partial charge in [0, 0.05) is 24.2 Å². The summed E-state index contributed by atoms with van der Waals surface area (Å²) in [6, 6.07) is 9.31. The van der Waals surface area contributed by atoms with E-state index in [2.05, 4.69) is 10.6 Å². The fourth-order valence-corrected chi connectivity index (χ4v) is 8.50. The van der Waals surface area contributed by atoms with E-state index in [4.69, 9.17) is 0 Å². The molecule has 5 saturated carbocycles. The van der Waals surface area contributed by atoms with Gasteiger partial charge < -0.3 is 15.5 Å². The summed E-state index contributed by atoms with van der Waals surface area (Å²) in [6.45, 7) is 0.733. The molecule has 6 heteroatoms. The van der Waals surface area contributed by atoms with E-state index in [0.29, 0.717) is 11.5 Å². The van der Waals surface area contributed by atoms with Crippen LogP contribution in [0.4, 0.5) is 0 Å². The maximum atomic E-state index is 13.9. The molecule has 35 heavy (non-hydrogen) atoms. The van der Waals surface area contributed by atoms with Crippen LogP contribution in [0.1, 0.15) is 87.4 Å². The summed E-state index contributed by atoms with van der Waals surface area (Å²) in [4.78, 5) is 41.6. The lowest BCUT2D eigenvalue weighted by molar-refractivity contribution is -0.160. The largest absolute Gasteiger partial charge is 0.352 e. The van der Waals surface area contributed by atoms with Crippen LogP contribution in [-0.2, 0) is 9.59 Å². The molecule has 1 aromatic carbocycles. The molecule has 1 heterocycles. The van der Waals surface area contributed by atoms with Crippen LogP contribution in [0.3, 0.4) is 0 Å². The topological polar surface area (TPSA) is 78.5 Å². The summed E-state index contributed by atoms with van der Waals surface area (Å²) in [5.74, 6) is 2.51. The standard InChI is InChI=1S/C29H39N3O3/c33-26(22-5-2-1-3-6-22)30-23-8-10-24(11-9-23)31-27(34)25-7-4-12-32(25)28(35)29-16-19-13-20(17-29)15-21(14-19)18-29/h1-3,5-6,19-21,23-25H,4,7-18H2,(H,30,33)(H,31,34)/t19?,20?,21?,23?,24?,25-,29?/m1/s1. The van der Waals surface area contributed by atoms with Gasteiger partial charge in [0.15, 0.2) is 0 Å². The van der Waals surface area contributed by atoms with Crippen LogP contribution < -0.4 is 10.6 Å². The van der Waals surface area contributed by atoms with E-state index in [-0.39, 0.29) is 35.4 Å². The van der Waals surface area contributed by atoms with Crippen LogP contribution in [0.2, 0.25) is 0 Å². The number of nitrogens with zero attached hydrogens (tertiary/aromatic N) is 1. The van der Waals surface area contributed by atoms with Crippen molar-refractivity contribution in [3.05, 3.63) is 35.9 Å². The zero-order valence-electron chi connectivity index (χ0n) is 20.7. The normalized spacial score (nSPS) is 37.8. The Bertz CT molecular complexity index is 933. The lowest BCUT2D eigenvalue weighted by Crippen LogP contribution is -2.58. The summed E-state index contributed by atoms with van der Waals surface area (Å²) in [5.41, 5.74) is 0.514. The van der Waals surface area contributed by atoms with Gasteiger partial charge in [-0.15, -0.1) is 0 Å². The van der Waals surface area contributed by atoms with Gasteiger partial charge in [-0.3, -0.25) is 14.4 Å². The Morgan fingerprint density at radius 1 is 0.771 bits per heavy atom. The molecular weight excluding hydrogens is 438 g/mol. The van der Waals surface area contributed by atoms with Gasteiger partial charge in [0.05, 0.1) is 5.41 Å². The van der Waals surface area contributed by atoms with Crippen molar-refractivity contribution < 1.29 is 14.4 Å². The average Bonchev–Trinajstić information content (AvgIpc) is 3.34. The number of benzene rings is 1. The SMILES string of the molecule is O=C(NC1CCC(NC(=O)[C@H]2CCCN2C(=O)C23CC4CC(CC(C4)C2)C3)CC1)c1ccccc1. The Balaban J connectivity index is 1.02. The molecule has 2 N–H and O–H groups in total. The predicted molar refractivity (Wildman–Crippen MR) is 133 cm³/mol. The molecule has 6 aliphatic rings. The van der Waals surface area contributed by atoms with E-state index >= 15 is 0 Å². The minimum Gasteiger partial charge on any atom is -0.352 e. The van der Waals surface area contributed by atoms with Gasteiger partial charge in [-0.05, 0) is 107 Å². The molecule has 1 saturated heterocycles. The highest BCUT2D eigenvalue weighted by Gasteiger charge is 2.56. The molecule has 5 aliphatic carbocycles. The lowest BCUT2D eigenvalue weighted by Gasteiger charge is -2.56. The maximum absolute atomic E-state index is 13.9. The van der Waals surface area contributed by atoms with Crippen molar-refractivity contribution in [2.45, 2.75) is 95.2 Å². The summed E-state index contributed by atoms with van der Waals surface area (Å²) >= 11 is 0. The second-order valence-corrected chi connectivity index (χ2v) is 12.3. The first-order chi connectivity index (χ1) is 17.0. The molecule has 6 nitrogen and oxygen atoms in total. The highest BCUT2D eigenvalue weighted by atomic mass is 16.2. The number of hydrogen-bond donors (Lipinski definition) is 2. The molecule has 1 aromatic rings. The van der Waals surface area contributed by atoms with E-state index in [9.17, 15) is 14.4 Å². The molecule has 188 valence electrons. The predicted octanol–water partition coefficient (Wildman–Crippen LogP) is 4.05. The van der Waals surface area contributed by atoms with Gasteiger partial charge in [0.25, 0.3) is 5.91 Å². The summed E-state index contributed by atoms with van der Waals surface area (Å²) < 4.78 is 0. The third-order valence-corrected chi connectivity index (χ3v) is 9.75. The zero-order valence-corrected chi connectivity index (χ0v) is 20.7. The molecular formula is C29H39N3O3. The Morgan fingerprint density at radius 2 is 1.34 bits per heavy atom. The van der Waals surface area contributed by atoms with Gasteiger partial charge in [-0.1, -0.05) is 18.2 Å². The first kappa shape index (κ1) is 23.1. The Morgan fingerprint density at radius 3 is 1.94 bits per heavy atom. The molecule has 4 bridgehead atoms.